The van der Waals surface area contributed by atoms with E-state index in [4.69, 9.17) is 4.74 Å². The predicted octanol–water partition coefficient (Wildman–Crippen LogP) is 4.15. The second kappa shape index (κ2) is 6.73. The molecule has 2 rings (SSSR count). The van der Waals surface area contributed by atoms with Gasteiger partial charge < -0.3 is 10.1 Å². The molecule has 0 radical (unpaired) electrons. The Bertz CT molecular complexity index is 521. The first-order chi connectivity index (χ1) is 9.27. The van der Waals surface area contributed by atoms with Gasteiger partial charge in [0.2, 0.25) is 0 Å². The summed E-state index contributed by atoms with van der Waals surface area (Å²) < 4.78 is 5.77. The highest BCUT2D eigenvalue weighted by molar-refractivity contribution is 7.10. The largest absolute Gasteiger partial charge is 0.494 e. The van der Waals surface area contributed by atoms with E-state index in [-0.39, 0.29) is 6.04 Å². The Morgan fingerprint density at radius 2 is 2.00 bits per heavy atom. The van der Waals surface area contributed by atoms with Gasteiger partial charge in [-0.15, -0.1) is 11.3 Å². The number of hydrogen-bond donors (Lipinski definition) is 1. The van der Waals surface area contributed by atoms with E-state index in [0.717, 1.165) is 12.3 Å². The third kappa shape index (κ3) is 3.17. The third-order valence-corrected chi connectivity index (χ3v) is 4.19. The first-order valence-electron chi connectivity index (χ1n) is 6.77. The van der Waals surface area contributed by atoms with E-state index in [1.807, 2.05) is 19.1 Å². The maximum atomic E-state index is 5.77. The molecule has 0 aliphatic carbocycles. The van der Waals surface area contributed by atoms with Gasteiger partial charge in [0.05, 0.1) is 12.6 Å². The summed E-state index contributed by atoms with van der Waals surface area (Å²) in [6, 6.07) is 10.7. The zero-order valence-electron chi connectivity index (χ0n) is 11.8. The van der Waals surface area contributed by atoms with Gasteiger partial charge in [-0.1, -0.05) is 25.1 Å². The Balaban J connectivity index is 2.42. The first kappa shape index (κ1) is 14.1. The molecule has 0 aliphatic rings. The molecule has 1 unspecified atom stereocenters. The molecule has 3 heteroatoms. The molecular formula is C16H21NOS. The quantitative estimate of drug-likeness (QED) is 0.855. The SMILES string of the molecule is CCNC(c1ccccc1OCC)c1sccc1C. The van der Waals surface area contributed by atoms with Crippen LogP contribution in [-0.4, -0.2) is 13.2 Å². The molecule has 1 heterocycles. The lowest BCUT2D eigenvalue weighted by Crippen LogP contribution is -2.22. The normalized spacial score (nSPS) is 12.4. The molecule has 2 nitrogen and oxygen atoms in total. The van der Waals surface area contributed by atoms with Crippen molar-refractivity contribution in [2.75, 3.05) is 13.2 Å². The second-order valence-electron chi connectivity index (χ2n) is 4.43. The van der Waals surface area contributed by atoms with Gasteiger partial charge in [-0.05, 0) is 43.5 Å². The van der Waals surface area contributed by atoms with Crippen LogP contribution in [0.5, 0.6) is 5.75 Å². The summed E-state index contributed by atoms with van der Waals surface area (Å²) in [6.07, 6.45) is 0. The highest BCUT2D eigenvalue weighted by Crippen LogP contribution is 2.34. The summed E-state index contributed by atoms with van der Waals surface area (Å²) >= 11 is 1.80. The molecule has 0 bridgehead atoms. The fourth-order valence-electron chi connectivity index (χ4n) is 2.23. The molecule has 0 aliphatic heterocycles. The predicted molar refractivity (Wildman–Crippen MR) is 82.2 cm³/mol. The van der Waals surface area contributed by atoms with Crippen molar-refractivity contribution in [3.05, 3.63) is 51.7 Å². The first-order valence-corrected chi connectivity index (χ1v) is 7.65. The van der Waals surface area contributed by atoms with Gasteiger partial charge in [0.15, 0.2) is 0 Å². The molecule has 1 aromatic heterocycles. The maximum Gasteiger partial charge on any atom is 0.124 e. The van der Waals surface area contributed by atoms with Gasteiger partial charge in [-0.2, -0.15) is 0 Å². The zero-order chi connectivity index (χ0) is 13.7. The average Bonchev–Trinajstić information content (AvgIpc) is 2.84. The van der Waals surface area contributed by atoms with Gasteiger partial charge >= 0.3 is 0 Å². The minimum absolute atomic E-state index is 0.216. The van der Waals surface area contributed by atoms with Crippen LogP contribution >= 0.6 is 11.3 Å². The zero-order valence-corrected chi connectivity index (χ0v) is 12.6. The van der Waals surface area contributed by atoms with Crippen LogP contribution in [0.25, 0.3) is 0 Å². The van der Waals surface area contributed by atoms with Crippen LogP contribution in [-0.2, 0) is 0 Å². The van der Waals surface area contributed by atoms with Gasteiger partial charge in [0.1, 0.15) is 5.75 Å². The van der Waals surface area contributed by atoms with E-state index in [9.17, 15) is 0 Å². The molecule has 2 aromatic rings. The van der Waals surface area contributed by atoms with E-state index >= 15 is 0 Å². The Labute approximate surface area is 119 Å². The highest BCUT2D eigenvalue weighted by Gasteiger charge is 2.19. The summed E-state index contributed by atoms with van der Waals surface area (Å²) in [7, 11) is 0. The minimum atomic E-state index is 0.216. The second-order valence-corrected chi connectivity index (χ2v) is 5.38. The molecule has 1 atom stereocenters. The van der Waals surface area contributed by atoms with Crippen LogP contribution in [0.3, 0.4) is 0 Å². The number of para-hydroxylation sites is 1. The van der Waals surface area contributed by atoms with Crippen molar-refractivity contribution in [2.45, 2.75) is 26.8 Å². The van der Waals surface area contributed by atoms with E-state index in [2.05, 4.69) is 42.7 Å². The van der Waals surface area contributed by atoms with Crippen molar-refractivity contribution in [1.29, 1.82) is 0 Å². The lowest BCUT2D eigenvalue weighted by Gasteiger charge is -2.21. The molecule has 102 valence electrons. The van der Waals surface area contributed by atoms with Crippen LogP contribution in [0, 0.1) is 6.92 Å². The Kier molecular flexibility index (Phi) is 5.00. The van der Waals surface area contributed by atoms with Crippen LogP contribution < -0.4 is 10.1 Å². The van der Waals surface area contributed by atoms with Crippen molar-refractivity contribution in [2.24, 2.45) is 0 Å². The van der Waals surface area contributed by atoms with Crippen LogP contribution in [0.15, 0.2) is 35.7 Å². The monoisotopic (exact) mass is 275 g/mol. The van der Waals surface area contributed by atoms with E-state index < -0.39 is 0 Å². The Morgan fingerprint density at radius 1 is 1.21 bits per heavy atom. The summed E-state index contributed by atoms with van der Waals surface area (Å²) in [4.78, 5) is 1.37. The molecule has 0 saturated carbocycles. The topological polar surface area (TPSA) is 21.3 Å². The molecule has 19 heavy (non-hydrogen) atoms. The molecule has 0 amide bonds. The standard InChI is InChI=1S/C16H21NOS/c1-4-17-15(16-12(3)10-11-19-16)13-8-6-7-9-14(13)18-5-2/h6-11,15,17H,4-5H2,1-3H3. The fraction of sp³-hybridized carbons (Fsp3) is 0.375. The van der Waals surface area contributed by atoms with Gasteiger partial charge in [-0.3, -0.25) is 0 Å². The van der Waals surface area contributed by atoms with Crippen LogP contribution in [0.4, 0.5) is 0 Å². The Morgan fingerprint density at radius 3 is 2.63 bits per heavy atom. The van der Waals surface area contributed by atoms with Crippen LogP contribution in [0.1, 0.15) is 35.9 Å². The van der Waals surface area contributed by atoms with E-state index in [1.54, 1.807) is 11.3 Å². The summed E-state index contributed by atoms with van der Waals surface area (Å²) in [5, 5.41) is 5.72. The summed E-state index contributed by atoms with van der Waals surface area (Å²) in [5.74, 6) is 0.976. The van der Waals surface area contributed by atoms with Crippen molar-refractivity contribution in [3.63, 3.8) is 0 Å². The maximum absolute atomic E-state index is 5.77. The average molecular weight is 275 g/mol. The van der Waals surface area contributed by atoms with Crippen molar-refractivity contribution < 1.29 is 4.74 Å². The molecule has 0 spiro atoms. The molecular weight excluding hydrogens is 254 g/mol. The third-order valence-electron chi connectivity index (χ3n) is 3.10. The summed E-state index contributed by atoms with van der Waals surface area (Å²) in [6.45, 7) is 7.95. The van der Waals surface area contributed by atoms with Gasteiger partial charge in [0, 0.05) is 10.4 Å². The highest BCUT2D eigenvalue weighted by atomic mass is 32.1. The molecule has 0 fully saturated rings. The minimum Gasteiger partial charge on any atom is -0.494 e. The lowest BCUT2D eigenvalue weighted by molar-refractivity contribution is 0.334. The number of hydrogen-bond acceptors (Lipinski definition) is 3. The van der Waals surface area contributed by atoms with Gasteiger partial charge in [-0.25, -0.2) is 0 Å². The van der Waals surface area contributed by atoms with Crippen molar-refractivity contribution >= 4 is 11.3 Å². The molecule has 1 aromatic carbocycles. The molecule has 1 N–H and O–H groups in total. The Hall–Kier alpha value is -1.32. The van der Waals surface area contributed by atoms with Crippen molar-refractivity contribution in [3.8, 4) is 5.75 Å². The number of rotatable bonds is 6. The molecule has 0 saturated heterocycles. The van der Waals surface area contributed by atoms with Crippen molar-refractivity contribution in [1.82, 2.24) is 5.32 Å². The van der Waals surface area contributed by atoms with Gasteiger partial charge in [0.25, 0.3) is 0 Å². The number of benzene rings is 1. The number of ether oxygens (including phenoxy) is 1. The number of aryl methyl sites for hydroxylation is 1. The number of nitrogens with one attached hydrogen (secondary N) is 1. The smallest absolute Gasteiger partial charge is 0.124 e. The van der Waals surface area contributed by atoms with E-state index in [0.29, 0.717) is 6.61 Å². The summed E-state index contributed by atoms with van der Waals surface area (Å²) in [5.41, 5.74) is 2.55. The van der Waals surface area contributed by atoms with Crippen LogP contribution in [0.2, 0.25) is 0 Å². The number of thiophene rings is 1. The fourth-order valence-corrected chi connectivity index (χ4v) is 3.25. The lowest BCUT2D eigenvalue weighted by atomic mass is 10.0. The van der Waals surface area contributed by atoms with E-state index in [1.165, 1.54) is 16.0 Å².